The number of hydrogen-bond donors (Lipinski definition) is 0. The van der Waals surface area contributed by atoms with Crippen molar-refractivity contribution in [1.82, 2.24) is 14.7 Å². The molecule has 4 nitrogen and oxygen atoms in total. The van der Waals surface area contributed by atoms with Gasteiger partial charge in [0.2, 0.25) is 0 Å². The molecule has 0 aromatic heterocycles. The highest BCUT2D eigenvalue weighted by Gasteiger charge is 2.29. The number of amidine groups is 1. The number of aliphatic imine (C=N–C) groups is 1. The van der Waals surface area contributed by atoms with Gasteiger partial charge in [0.1, 0.15) is 0 Å². The summed E-state index contributed by atoms with van der Waals surface area (Å²) in [6.07, 6.45) is 1.25. The molecule has 1 saturated heterocycles. The van der Waals surface area contributed by atoms with Gasteiger partial charge in [0, 0.05) is 46.3 Å². The van der Waals surface area contributed by atoms with Crippen LogP contribution in [0.3, 0.4) is 0 Å². The summed E-state index contributed by atoms with van der Waals surface area (Å²) in [5.74, 6) is 0. The van der Waals surface area contributed by atoms with Crippen LogP contribution in [0.4, 0.5) is 0 Å². The molecule has 0 aromatic carbocycles. The molecule has 0 saturated carbocycles. The molecular weight excluding hydrogens is 344 g/mol. The molecule has 0 aliphatic carbocycles. The van der Waals surface area contributed by atoms with Crippen LogP contribution in [0.5, 0.6) is 0 Å². The van der Waals surface area contributed by atoms with Crippen LogP contribution in [-0.4, -0.2) is 71.7 Å². The zero-order valence-electron chi connectivity index (χ0n) is 12.2. The molecule has 0 radical (unpaired) electrons. The number of halogens is 1. The van der Waals surface area contributed by atoms with Gasteiger partial charge in [-0.2, -0.15) is 0 Å². The summed E-state index contributed by atoms with van der Waals surface area (Å²) in [6.45, 7) is 9.26. The first-order valence-corrected chi connectivity index (χ1v) is 8.89. The smallest absolute Gasteiger partial charge is 0.172 e. The Morgan fingerprint density at radius 3 is 2.42 bits per heavy atom. The number of piperazine rings is 1. The molecule has 0 amide bonds. The number of hydrogen-bond acceptors (Lipinski definition) is 6. The van der Waals surface area contributed by atoms with Crippen molar-refractivity contribution in [1.29, 1.82) is 0 Å². The fourth-order valence-corrected chi connectivity index (χ4v) is 4.81. The van der Waals surface area contributed by atoms with Crippen molar-refractivity contribution in [3.8, 4) is 0 Å². The van der Waals surface area contributed by atoms with Crippen LogP contribution in [0.25, 0.3) is 0 Å². The highest BCUT2D eigenvalue weighted by molar-refractivity contribution is 8.93. The van der Waals surface area contributed by atoms with Gasteiger partial charge in [-0.1, -0.05) is 6.92 Å². The maximum absolute atomic E-state index is 4.78. The average molecular weight is 369 g/mol. The van der Waals surface area contributed by atoms with Crippen molar-refractivity contribution in [2.75, 3.05) is 40.3 Å². The molecule has 7 heteroatoms. The third-order valence-corrected chi connectivity index (χ3v) is 6.23. The molecule has 2 aliphatic rings. The Bertz CT molecular complexity index is 306. The van der Waals surface area contributed by atoms with E-state index in [0.717, 1.165) is 24.3 Å². The van der Waals surface area contributed by atoms with Crippen molar-refractivity contribution < 1.29 is 0 Å². The Kier molecular flexibility index (Phi) is 7.53. The van der Waals surface area contributed by atoms with Gasteiger partial charge in [0.25, 0.3) is 0 Å². The second-order valence-corrected chi connectivity index (χ2v) is 7.36. The first-order valence-electron chi connectivity index (χ1n) is 6.68. The minimum Gasteiger partial charge on any atom is -0.357 e. The van der Waals surface area contributed by atoms with Gasteiger partial charge in [0.15, 0.2) is 10.7 Å². The van der Waals surface area contributed by atoms with E-state index >= 15 is 0 Å². The van der Waals surface area contributed by atoms with Crippen molar-refractivity contribution in [3.05, 3.63) is 0 Å². The van der Waals surface area contributed by atoms with Crippen LogP contribution in [-0.2, 0) is 0 Å². The van der Waals surface area contributed by atoms with Crippen LogP contribution in [0.2, 0.25) is 0 Å². The second-order valence-electron chi connectivity index (χ2n) is 5.14. The van der Waals surface area contributed by atoms with E-state index in [9.17, 15) is 0 Å². The lowest BCUT2D eigenvalue weighted by molar-refractivity contribution is 0.0960. The minimum atomic E-state index is 0. The SMILES string of the molecule is Br.CCC(C)N1CCN(C2N=C(N(C)C)SS2)CC1. The standard InChI is InChI=1S/C12H24N4S2.BrH/c1-5-10(2)15-6-8-16(9-7-15)12-13-11(14(3)4)17-18-12;/h10,12H,5-9H2,1-4H3;1H. The second kappa shape index (κ2) is 8.12. The summed E-state index contributed by atoms with van der Waals surface area (Å²) in [7, 11) is 7.81. The van der Waals surface area contributed by atoms with Gasteiger partial charge in [-0.25, -0.2) is 4.99 Å². The predicted molar refractivity (Wildman–Crippen MR) is 93.3 cm³/mol. The fraction of sp³-hybridized carbons (Fsp3) is 0.917. The lowest BCUT2D eigenvalue weighted by atomic mass is 10.2. The first kappa shape index (κ1) is 17.6. The highest BCUT2D eigenvalue weighted by Crippen LogP contribution is 2.38. The summed E-state index contributed by atoms with van der Waals surface area (Å²) < 4.78 is 0. The molecule has 19 heavy (non-hydrogen) atoms. The van der Waals surface area contributed by atoms with Crippen molar-refractivity contribution in [3.63, 3.8) is 0 Å². The van der Waals surface area contributed by atoms with E-state index in [0.29, 0.717) is 5.50 Å². The molecule has 0 aromatic rings. The molecule has 2 atom stereocenters. The van der Waals surface area contributed by atoms with E-state index in [1.165, 1.54) is 19.5 Å². The molecular formula is C12H25BrN4S2. The summed E-state index contributed by atoms with van der Waals surface area (Å²) in [5, 5.41) is 1.15. The van der Waals surface area contributed by atoms with E-state index in [2.05, 4.69) is 42.6 Å². The quantitative estimate of drug-likeness (QED) is 0.711. The molecule has 2 heterocycles. The van der Waals surface area contributed by atoms with Crippen LogP contribution in [0.15, 0.2) is 4.99 Å². The monoisotopic (exact) mass is 368 g/mol. The van der Waals surface area contributed by atoms with E-state index in [1.807, 2.05) is 10.8 Å². The zero-order valence-corrected chi connectivity index (χ0v) is 15.5. The Morgan fingerprint density at radius 1 is 1.32 bits per heavy atom. The van der Waals surface area contributed by atoms with Gasteiger partial charge >= 0.3 is 0 Å². The minimum absolute atomic E-state index is 0. The summed E-state index contributed by atoms with van der Waals surface area (Å²) in [5.41, 5.74) is 0.325. The maximum atomic E-state index is 4.78. The van der Waals surface area contributed by atoms with E-state index in [-0.39, 0.29) is 17.0 Å². The van der Waals surface area contributed by atoms with Gasteiger partial charge < -0.3 is 4.90 Å². The molecule has 0 N–H and O–H groups in total. The van der Waals surface area contributed by atoms with E-state index in [1.54, 1.807) is 10.8 Å². The molecule has 2 rings (SSSR count). The van der Waals surface area contributed by atoms with Crippen molar-refractivity contribution >= 4 is 43.7 Å². The van der Waals surface area contributed by atoms with E-state index < -0.39 is 0 Å². The Morgan fingerprint density at radius 2 is 1.95 bits per heavy atom. The maximum Gasteiger partial charge on any atom is 0.172 e. The van der Waals surface area contributed by atoms with Gasteiger partial charge in [-0.15, -0.1) is 17.0 Å². The Balaban J connectivity index is 0.00000180. The van der Waals surface area contributed by atoms with Gasteiger partial charge in [-0.3, -0.25) is 9.80 Å². The van der Waals surface area contributed by atoms with Crippen LogP contribution in [0.1, 0.15) is 20.3 Å². The largest absolute Gasteiger partial charge is 0.357 e. The number of rotatable bonds is 3. The summed E-state index contributed by atoms with van der Waals surface area (Å²) in [6, 6.07) is 0.721. The molecule has 1 fully saturated rings. The predicted octanol–water partition coefficient (Wildman–Crippen LogP) is 2.58. The lowest BCUT2D eigenvalue weighted by Gasteiger charge is -2.38. The van der Waals surface area contributed by atoms with Gasteiger partial charge in [-0.05, 0) is 34.9 Å². The average Bonchev–Trinajstić information content (AvgIpc) is 2.88. The molecule has 112 valence electrons. The van der Waals surface area contributed by atoms with E-state index in [4.69, 9.17) is 4.99 Å². The number of nitrogens with zero attached hydrogens (tertiary/aromatic N) is 4. The Hall–Kier alpha value is 0.570. The Labute approximate surface area is 135 Å². The summed E-state index contributed by atoms with van der Waals surface area (Å²) in [4.78, 5) is 12.0. The van der Waals surface area contributed by atoms with Gasteiger partial charge in [0.05, 0.1) is 0 Å². The van der Waals surface area contributed by atoms with Crippen molar-refractivity contribution in [2.45, 2.75) is 31.8 Å². The molecule has 2 aliphatic heterocycles. The van der Waals surface area contributed by atoms with Crippen LogP contribution >= 0.6 is 38.6 Å². The molecule has 0 spiro atoms. The zero-order chi connectivity index (χ0) is 13.1. The summed E-state index contributed by atoms with van der Waals surface area (Å²) >= 11 is 0. The first-order chi connectivity index (χ1) is 8.61. The van der Waals surface area contributed by atoms with Crippen LogP contribution < -0.4 is 0 Å². The topological polar surface area (TPSA) is 22.1 Å². The fourth-order valence-electron chi connectivity index (χ4n) is 2.21. The van der Waals surface area contributed by atoms with Crippen molar-refractivity contribution in [2.24, 2.45) is 4.99 Å². The molecule has 0 bridgehead atoms. The third-order valence-electron chi connectivity index (χ3n) is 3.69. The molecule has 2 unspecified atom stereocenters. The van der Waals surface area contributed by atoms with Crippen LogP contribution in [0, 0.1) is 0 Å². The normalized spacial score (nSPS) is 26.7. The third kappa shape index (κ3) is 4.52. The highest BCUT2D eigenvalue weighted by atomic mass is 79.9. The lowest BCUT2D eigenvalue weighted by Crippen LogP contribution is -2.51.